The highest BCUT2D eigenvalue weighted by atomic mass is 35.5. The van der Waals surface area contributed by atoms with Gasteiger partial charge in [-0.2, -0.15) is 5.01 Å². The third kappa shape index (κ3) is 5.94. The van der Waals surface area contributed by atoms with Crippen LogP contribution in [0.5, 0.6) is 11.5 Å². The molecule has 276 valence electrons. The van der Waals surface area contributed by atoms with Gasteiger partial charge >= 0.3 is 5.97 Å². The lowest BCUT2D eigenvalue weighted by atomic mass is 9.49. The Bertz CT molecular complexity index is 2050. The number of carboxylic acids is 1. The number of para-hydroxylation sites is 1. The van der Waals surface area contributed by atoms with E-state index in [1.807, 2.05) is 6.08 Å². The number of imide groups is 2. The molecule has 3 fully saturated rings. The summed E-state index contributed by atoms with van der Waals surface area (Å²) >= 11 is 12.7. The van der Waals surface area contributed by atoms with Gasteiger partial charge in [-0.1, -0.05) is 71.6 Å². The lowest BCUT2D eigenvalue weighted by molar-refractivity contribution is -0.141. The molecule has 4 aliphatic rings. The number of allylic oxidation sites excluding steroid dienone is 2. The number of hydrogen-bond acceptors (Lipinski definition) is 8. The minimum atomic E-state index is -1.59. The van der Waals surface area contributed by atoms with E-state index in [0.717, 1.165) is 10.6 Å². The fourth-order valence-corrected chi connectivity index (χ4v) is 9.56. The summed E-state index contributed by atoms with van der Waals surface area (Å²) in [5.41, 5.74) is 3.90. The van der Waals surface area contributed by atoms with Crippen LogP contribution in [0, 0.1) is 30.6 Å². The molecule has 0 radical (unpaired) electrons. The van der Waals surface area contributed by atoms with Crippen molar-refractivity contribution in [2.24, 2.45) is 23.7 Å². The van der Waals surface area contributed by atoms with Crippen LogP contribution in [-0.2, 0) is 29.4 Å². The van der Waals surface area contributed by atoms with E-state index in [4.69, 9.17) is 33.0 Å². The van der Waals surface area contributed by atoms with E-state index in [9.17, 15) is 24.3 Å². The molecule has 1 saturated carbocycles. The molecule has 2 saturated heterocycles. The number of likely N-dealkylation sites (tertiary alicyclic amines) is 1. The number of amides is 4. The molecule has 0 unspecified atom stereocenters. The second kappa shape index (κ2) is 14.2. The summed E-state index contributed by atoms with van der Waals surface area (Å²) in [6.45, 7) is 1.93. The van der Waals surface area contributed by atoms with Crippen molar-refractivity contribution in [3.63, 3.8) is 0 Å². The summed E-state index contributed by atoms with van der Waals surface area (Å²) in [5.74, 6) is -6.06. The fraction of sp³-hybridized carbons (Fsp3) is 0.375. The van der Waals surface area contributed by atoms with Gasteiger partial charge in [0.1, 0.15) is 11.5 Å². The second-order valence-corrected chi connectivity index (χ2v) is 15.1. The van der Waals surface area contributed by atoms with E-state index in [1.165, 1.54) is 18.1 Å². The van der Waals surface area contributed by atoms with Crippen LogP contribution in [0.1, 0.15) is 61.1 Å². The van der Waals surface area contributed by atoms with Gasteiger partial charge in [-0.05, 0) is 80.0 Å². The van der Waals surface area contributed by atoms with Crippen LogP contribution < -0.4 is 10.2 Å². The SMILES string of the molecule is COc1ccc([C@@]23C(=O)N(Nc4ccc(Cl)cc4Cl)C(=O)[C@@H]2C[C@@H]2C(=CC[C@@H]4C(=O)N(CCCCCC(=O)O)C(=O)[C@@H]42)[C@@H]3c2cccc(C)c2O)cc1. The average Bonchev–Trinajstić information content (AvgIpc) is 3.50. The second-order valence-electron chi connectivity index (χ2n) is 14.3. The van der Waals surface area contributed by atoms with Gasteiger partial charge in [0.25, 0.3) is 11.8 Å². The fourth-order valence-electron chi connectivity index (χ4n) is 9.11. The quantitative estimate of drug-likeness (QED) is 0.111. The predicted octanol–water partition coefficient (Wildman–Crippen LogP) is 6.65. The van der Waals surface area contributed by atoms with Crippen molar-refractivity contribution < 1.29 is 38.9 Å². The molecule has 3 N–H and O–H groups in total. The number of aryl methyl sites for hydroxylation is 1. The van der Waals surface area contributed by atoms with Crippen molar-refractivity contribution in [1.82, 2.24) is 9.91 Å². The zero-order valence-corrected chi connectivity index (χ0v) is 30.7. The predicted molar refractivity (Wildman–Crippen MR) is 196 cm³/mol. The lowest BCUT2D eigenvalue weighted by Gasteiger charge is -2.50. The first-order chi connectivity index (χ1) is 25.4. The number of anilines is 1. The van der Waals surface area contributed by atoms with Crippen molar-refractivity contribution in [2.45, 2.75) is 56.8 Å². The Kier molecular flexibility index (Phi) is 9.75. The van der Waals surface area contributed by atoms with Crippen molar-refractivity contribution in [3.05, 3.63) is 99.0 Å². The largest absolute Gasteiger partial charge is 0.507 e. The lowest BCUT2D eigenvalue weighted by Crippen LogP contribution is -2.53. The van der Waals surface area contributed by atoms with Gasteiger partial charge in [0.2, 0.25) is 11.8 Å². The molecule has 2 aliphatic carbocycles. The Morgan fingerprint density at radius 1 is 0.962 bits per heavy atom. The number of ether oxygens (including phenoxy) is 1. The molecule has 3 aromatic carbocycles. The number of benzene rings is 3. The number of carbonyl (C=O) groups is 5. The molecule has 53 heavy (non-hydrogen) atoms. The Hall–Kier alpha value is -4.87. The minimum Gasteiger partial charge on any atom is -0.507 e. The normalized spacial score (nSPS) is 26.3. The molecule has 0 spiro atoms. The number of carbonyl (C=O) groups excluding carboxylic acids is 4. The number of methoxy groups -OCH3 is 1. The topological polar surface area (TPSA) is 154 Å². The van der Waals surface area contributed by atoms with Crippen molar-refractivity contribution >= 4 is 58.5 Å². The number of nitrogens with one attached hydrogen (secondary N) is 1. The Morgan fingerprint density at radius 3 is 2.42 bits per heavy atom. The zero-order valence-electron chi connectivity index (χ0n) is 29.2. The van der Waals surface area contributed by atoms with Crippen molar-refractivity contribution in [1.29, 1.82) is 0 Å². The number of fused-ring (bicyclic) bond motifs is 4. The maximum absolute atomic E-state index is 15.3. The molecular weight excluding hydrogens is 721 g/mol. The Labute approximate surface area is 316 Å². The van der Waals surface area contributed by atoms with Crippen LogP contribution in [0.2, 0.25) is 10.0 Å². The number of unbranched alkanes of at least 4 members (excludes halogenated alkanes) is 2. The minimum absolute atomic E-state index is 0.00979. The van der Waals surface area contributed by atoms with Crippen LogP contribution in [0.4, 0.5) is 5.69 Å². The summed E-state index contributed by atoms with van der Waals surface area (Å²) < 4.78 is 5.45. The van der Waals surface area contributed by atoms with Gasteiger partial charge in [-0.3, -0.25) is 34.3 Å². The average molecular weight is 761 g/mol. The van der Waals surface area contributed by atoms with E-state index < -0.39 is 52.8 Å². The van der Waals surface area contributed by atoms with Crippen molar-refractivity contribution in [2.75, 3.05) is 19.1 Å². The first kappa shape index (κ1) is 36.5. The van der Waals surface area contributed by atoms with E-state index in [2.05, 4.69) is 5.43 Å². The number of aromatic hydroxyl groups is 1. The monoisotopic (exact) mass is 759 g/mol. The molecule has 3 aromatic rings. The Balaban J connectivity index is 1.37. The third-order valence-electron chi connectivity index (χ3n) is 11.5. The smallest absolute Gasteiger partial charge is 0.303 e. The van der Waals surface area contributed by atoms with Gasteiger partial charge in [0, 0.05) is 29.5 Å². The molecule has 4 amide bonds. The first-order valence-electron chi connectivity index (χ1n) is 17.7. The highest BCUT2D eigenvalue weighted by Gasteiger charge is 2.70. The molecule has 13 heteroatoms. The number of phenols is 1. The standard InChI is InChI=1S/C40H39Cl2N3O8/c1-21-7-6-8-27(35(21)48)34-25-15-16-26-33(38(51)44(36(26)49)18-5-3-4-9-32(46)47)28(25)20-29-37(50)45(43-31-17-12-23(41)19-30(31)42)39(52)40(29,34)22-10-13-24(53-2)14-11-22/h6-8,10-15,17,19,26,28-29,33-34,43,48H,3-5,9,16,18,20H2,1-2H3,(H,46,47)/t26-,28+,29-,33-,34+,40+/m0/s1. The van der Waals surface area contributed by atoms with Crippen LogP contribution in [0.25, 0.3) is 0 Å². The highest BCUT2D eigenvalue weighted by molar-refractivity contribution is 6.36. The molecule has 7 rings (SSSR count). The van der Waals surface area contributed by atoms with Crippen LogP contribution >= 0.6 is 23.2 Å². The van der Waals surface area contributed by atoms with Gasteiger partial charge in [0.05, 0.1) is 41.0 Å². The zero-order chi connectivity index (χ0) is 37.8. The van der Waals surface area contributed by atoms with E-state index in [1.54, 1.807) is 61.5 Å². The molecule has 0 aromatic heterocycles. The van der Waals surface area contributed by atoms with Crippen LogP contribution in [0.3, 0.4) is 0 Å². The molecule has 6 atom stereocenters. The number of halogens is 2. The number of rotatable bonds is 11. The summed E-state index contributed by atoms with van der Waals surface area (Å²) in [5, 5.41) is 22.3. The van der Waals surface area contributed by atoms with E-state index in [0.29, 0.717) is 46.7 Å². The van der Waals surface area contributed by atoms with Gasteiger partial charge in [-0.25, -0.2) is 0 Å². The molecule has 2 aliphatic heterocycles. The number of hydrogen-bond donors (Lipinski definition) is 3. The number of hydrazine groups is 1. The number of phenolic OH excluding ortho intramolecular Hbond substituents is 1. The van der Waals surface area contributed by atoms with E-state index >= 15 is 4.79 Å². The molecule has 2 heterocycles. The van der Waals surface area contributed by atoms with Crippen LogP contribution in [-0.4, -0.2) is 63.4 Å². The number of aliphatic carboxylic acids is 1. The maximum Gasteiger partial charge on any atom is 0.303 e. The highest BCUT2D eigenvalue weighted by Crippen LogP contribution is 2.65. The summed E-state index contributed by atoms with van der Waals surface area (Å²) in [7, 11) is 1.53. The molecule has 0 bridgehead atoms. The third-order valence-corrected chi connectivity index (χ3v) is 12.1. The number of nitrogens with zero attached hydrogens (tertiary/aromatic N) is 2. The first-order valence-corrected chi connectivity index (χ1v) is 18.5. The van der Waals surface area contributed by atoms with Gasteiger partial charge in [0.15, 0.2) is 0 Å². The summed E-state index contributed by atoms with van der Waals surface area (Å²) in [6.07, 6.45) is 3.73. The molecule has 11 nitrogen and oxygen atoms in total. The maximum atomic E-state index is 15.3. The number of carboxylic acid groups (broad SMARTS) is 1. The van der Waals surface area contributed by atoms with E-state index in [-0.39, 0.29) is 54.1 Å². The molecular formula is C40H39Cl2N3O8. The summed E-state index contributed by atoms with van der Waals surface area (Å²) in [6, 6.07) is 16.9. The van der Waals surface area contributed by atoms with Gasteiger partial charge in [-0.15, -0.1) is 0 Å². The summed E-state index contributed by atoms with van der Waals surface area (Å²) in [4.78, 5) is 70.6. The van der Waals surface area contributed by atoms with Crippen LogP contribution in [0.15, 0.2) is 72.3 Å². The Morgan fingerprint density at radius 2 is 1.72 bits per heavy atom. The van der Waals surface area contributed by atoms with Gasteiger partial charge < -0.3 is 14.9 Å². The van der Waals surface area contributed by atoms with Crippen molar-refractivity contribution in [3.8, 4) is 11.5 Å².